The molecule has 0 heterocycles. The number of nitrogens with two attached hydrogens (primary N) is 1. The molecule has 2 atom stereocenters. The number of carbonyl (C=O) groups is 1. The number of benzene rings is 2. The van der Waals surface area contributed by atoms with Crippen LogP contribution in [0.5, 0.6) is 0 Å². The van der Waals surface area contributed by atoms with Crippen LogP contribution < -0.4 is 11.1 Å². The van der Waals surface area contributed by atoms with Crippen molar-refractivity contribution < 1.29 is 4.79 Å². The molecule has 0 fully saturated rings. The third kappa shape index (κ3) is 4.09. The zero-order chi connectivity index (χ0) is 15.2. The highest BCUT2D eigenvalue weighted by Gasteiger charge is 2.19. The first-order valence-electron chi connectivity index (χ1n) is 7.24. The molecule has 2 aromatic rings. The molecule has 110 valence electrons. The number of aryl methyl sites for hydroxylation is 1. The summed E-state index contributed by atoms with van der Waals surface area (Å²) < 4.78 is 0. The van der Waals surface area contributed by atoms with E-state index < -0.39 is 0 Å². The molecular weight excluding hydrogens is 260 g/mol. The number of anilines is 1. The molecule has 0 aliphatic rings. The van der Waals surface area contributed by atoms with Crippen LogP contribution in [0.15, 0.2) is 54.6 Å². The second kappa shape index (κ2) is 6.93. The van der Waals surface area contributed by atoms with E-state index in [1.165, 1.54) is 5.56 Å². The van der Waals surface area contributed by atoms with E-state index in [-0.39, 0.29) is 17.9 Å². The van der Waals surface area contributed by atoms with E-state index in [4.69, 9.17) is 5.73 Å². The highest BCUT2D eigenvalue weighted by Crippen LogP contribution is 2.23. The van der Waals surface area contributed by atoms with Gasteiger partial charge in [0.15, 0.2) is 0 Å². The average Bonchev–Trinajstić information content (AvgIpc) is 2.49. The summed E-state index contributed by atoms with van der Waals surface area (Å²) in [5.74, 6) is -0.0544. The lowest BCUT2D eigenvalue weighted by Gasteiger charge is -2.22. The number of hydrogen-bond donors (Lipinski definition) is 2. The molecule has 2 rings (SSSR count). The molecule has 0 radical (unpaired) electrons. The summed E-state index contributed by atoms with van der Waals surface area (Å²) in [4.78, 5) is 11.7. The van der Waals surface area contributed by atoms with Gasteiger partial charge < -0.3 is 11.1 Å². The van der Waals surface area contributed by atoms with Gasteiger partial charge in [0.2, 0.25) is 5.91 Å². The topological polar surface area (TPSA) is 55.1 Å². The molecule has 3 heteroatoms. The summed E-state index contributed by atoms with van der Waals surface area (Å²) in [5.41, 5.74) is 8.84. The Morgan fingerprint density at radius 2 is 1.71 bits per heavy atom. The van der Waals surface area contributed by atoms with Crippen molar-refractivity contribution in [3.05, 3.63) is 65.7 Å². The number of para-hydroxylation sites is 1. The van der Waals surface area contributed by atoms with Crippen LogP contribution in [0.4, 0.5) is 5.69 Å². The molecule has 0 saturated heterocycles. The lowest BCUT2D eigenvalue weighted by atomic mass is 9.93. The largest absolute Gasteiger partial charge is 0.373 e. The zero-order valence-corrected chi connectivity index (χ0v) is 12.5. The molecule has 0 aliphatic carbocycles. The normalized spacial score (nSPS) is 13.4. The third-order valence-electron chi connectivity index (χ3n) is 3.78. The molecular formula is C18H22N2O. The van der Waals surface area contributed by atoms with Gasteiger partial charge in [-0.1, -0.05) is 55.5 Å². The van der Waals surface area contributed by atoms with Crippen LogP contribution in [0.3, 0.4) is 0 Å². The summed E-state index contributed by atoms with van der Waals surface area (Å²) in [7, 11) is 0. The Morgan fingerprint density at radius 3 is 2.33 bits per heavy atom. The maximum Gasteiger partial charge on any atom is 0.239 e. The van der Waals surface area contributed by atoms with Gasteiger partial charge in [0.1, 0.15) is 6.04 Å². The molecule has 0 spiro atoms. The number of primary amides is 1. The van der Waals surface area contributed by atoms with Crippen molar-refractivity contribution in [2.24, 2.45) is 5.73 Å². The van der Waals surface area contributed by atoms with Gasteiger partial charge in [0.05, 0.1) is 0 Å². The van der Waals surface area contributed by atoms with Crippen LogP contribution in [0.1, 0.15) is 30.4 Å². The van der Waals surface area contributed by atoms with Crippen LogP contribution in [0.2, 0.25) is 0 Å². The predicted molar refractivity (Wildman–Crippen MR) is 87.3 cm³/mol. The molecule has 0 aromatic heterocycles. The fourth-order valence-electron chi connectivity index (χ4n) is 2.44. The Balaban J connectivity index is 2.10. The zero-order valence-electron chi connectivity index (χ0n) is 12.5. The fourth-order valence-corrected chi connectivity index (χ4v) is 2.44. The number of nitrogens with one attached hydrogen (secondary N) is 1. The summed E-state index contributed by atoms with van der Waals surface area (Å²) in [6.07, 6.45) is 0.674. The lowest BCUT2D eigenvalue weighted by molar-refractivity contribution is -0.118. The van der Waals surface area contributed by atoms with Gasteiger partial charge in [-0.2, -0.15) is 0 Å². The van der Waals surface area contributed by atoms with Gasteiger partial charge in [-0.15, -0.1) is 0 Å². The van der Waals surface area contributed by atoms with Crippen LogP contribution >= 0.6 is 0 Å². The average molecular weight is 282 g/mol. The first kappa shape index (κ1) is 15.1. The predicted octanol–water partition coefficient (Wildman–Crippen LogP) is 3.45. The van der Waals surface area contributed by atoms with Crippen molar-refractivity contribution in [1.82, 2.24) is 0 Å². The van der Waals surface area contributed by atoms with Gasteiger partial charge >= 0.3 is 0 Å². The van der Waals surface area contributed by atoms with Crippen LogP contribution in [-0.4, -0.2) is 11.9 Å². The van der Waals surface area contributed by atoms with Crippen LogP contribution in [0.25, 0.3) is 0 Å². The number of hydrogen-bond acceptors (Lipinski definition) is 2. The summed E-state index contributed by atoms with van der Waals surface area (Å²) >= 11 is 0. The second-order valence-corrected chi connectivity index (χ2v) is 5.46. The van der Waals surface area contributed by atoms with Crippen LogP contribution in [0, 0.1) is 6.92 Å². The Bertz CT molecular complexity index is 595. The number of amides is 1. The summed E-state index contributed by atoms with van der Waals surface area (Å²) in [6, 6.07) is 17.7. The Labute approximate surface area is 126 Å². The molecule has 21 heavy (non-hydrogen) atoms. The molecule has 0 aliphatic heterocycles. The van der Waals surface area contributed by atoms with Crippen molar-refractivity contribution >= 4 is 11.6 Å². The van der Waals surface area contributed by atoms with Crippen molar-refractivity contribution in [3.63, 3.8) is 0 Å². The summed E-state index contributed by atoms with van der Waals surface area (Å²) in [6.45, 7) is 4.13. The molecule has 3 nitrogen and oxygen atoms in total. The van der Waals surface area contributed by atoms with E-state index in [1.807, 2.05) is 49.4 Å². The van der Waals surface area contributed by atoms with Gasteiger partial charge in [-0.25, -0.2) is 0 Å². The lowest BCUT2D eigenvalue weighted by Crippen LogP contribution is -2.36. The molecule has 0 saturated carbocycles. The van der Waals surface area contributed by atoms with Crippen LogP contribution in [-0.2, 0) is 4.79 Å². The SMILES string of the molecule is Cc1ccccc1NC(CC(C)c1ccccc1)C(N)=O. The van der Waals surface area contributed by atoms with E-state index in [1.54, 1.807) is 0 Å². The molecule has 0 bridgehead atoms. The van der Waals surface area contributed by atoms with E-state index in [2.05, 4.69) is 24.4 Å². The van der Waals surface area contributed by atoms with E-state index in [0.717, 1.165) is 11.3 Å². The highest BCUT2D eigenvalue weighted by atomic mass is 16.1. The van der Waals surface area contributed by atoms with Gasteiger partial charge in [0, 0.05) is 5.69 Å². The smallest absolute Gasteiger partial charge is 0.239 e. The van der Waals surface area contributed by atoms with E-state index >= 15 is 0 Å². The van der Waals surface area contributed by atoms with Gasteiger partial charge in [-0.05, 0) is 36.5 Å². The maximum atomic E-state index is 11.7. The maximum absolute atomic E-state index is 11.7. The third-order valence-corrected chi connectivity index (χ3v) is 3.78. The second-order valence-electron chi connectivity index (χ2n) is 5.46. The first-order chi connectivity index (χ1) is 10.1. The standard InChI is InChI=1S/C18H22N2O/c1-13-8-6-7-11-16(13)20-17(18(19)21)12-14(2)15-9-4-3-5-10-15/h3-11,14,17,20H,12H2,1-2H3,(H2,19,21). The minimum absolute atomic E-state index is 0.264. The molecule has 2 aromatic carbocycles. The van der Waals surface area contributed by atoms with Gasteiger partial charge in [0.25, 0.3) is 0 Å². The first-order valence-corrected chi connectivity index (χ1v) is 7.24. The van der Waals surface area contributed by atoms with Crippen molar-refractivity contribution in [2.45, 2.75) is 32.2 Å². The number of rotatable bonds is 6. The van der Waals surface area contributed by atoms with Crippen molar-refractivity contribution in [2.75, 3.05) is 5.32 Å². The highest BCUT2D eigenvalue weighted by molar-refractivity contribution is 5.83. The monoisotopic (exact) mass is 282 g/mol. The van der Waals surface area contributed by atoms with Crippen molar-refractivity contribution in [1.29, 1.82) is 0 Å². The van der Waals surface area contributed by atoms with Gasteiger partial charge in [-0.3, -0.25) is 4.79 Å². The van der Waals surface area contributed by atoms with E-state index in [9.17, 15) is 4.79 Å². The van der Waals surface area contributed by atoms with E-state index in [0.29, 0.717) is 6.42 Å². The molecule has 1 amide bonds. The fraction of sp³-hybridized carbons (Fsp3) is 0.278. The Hall–Kier alpha value is -2.29. The minimum atomic E-state index is -0.374. The van der Waals surface area contributed by atoms with Crippen molar-refractivity contribution in [3.8, 4) is 0 Å². The molecule has 3 N–H and O–H groups in total. The minimum Gasteiger partial charge on any atom is -0.373 e. The number of carbonyl (C=O) groups excluding carboxylic acids is 1. The summed E-state index contributed by atoms with van der Waals surface area (Å²) in [5, 5.41) is 3.27. The Kier molecular flexibility index (Phi) is 4.99. The quantitative estimate of drug-likeness (QED) is 0.852. The Morgan fingerprint density at radius 1 is 1.10 bits per heavy atom. The molecule has 2 unspecified atom stereocenters.